The number of halogens is 4. The van der Waals surface area contributed by atoms with Crippen LogP contribution in [-0.2, 0) is 6.42 Å². The first kappa shape index (κ1) is 11.6. The molecule has 0 bridgehead atoms. The first-order valence-corrected chi connectivity index (χ1v) is 5.43. The fraction of sp³-hybridized carbons (Fsp3) is 0.455. The van der Waals surface area contributed by atoms with E-state index in [1.807, 2.05) is 0 Å². The standard InChI is InChI=1S/C11H10ClF3O/c12-6-8-5-7-3-1-2-4-9(7)16-10(8)11(13,14)15/h1-4,8,10H,5-6H2/t8-,10+/m0/s1. The zero-order valence-corrected chi connectivity index (χ0v) is 9.05. The van der Waals surface area contributed by atoms with Gasteiger partial charge in [-0.15, -0.1) is 11.6 Å². The number of fused-ring (bicyclic) bond motifs is 1. The summed E-state index contributed by atoms with van der Waals surface area (Å²) in [5.41, 5.74) is 0.786. The van der Waals surface area contributed by atoms with Crippen molar-refractivity contribution in [2.24, 2.45) is 5.92 Å². The molecule has 5 heteroatoms. The molecule has 0 fully saturated rings. The highest BCUT2D eigenvalue weighted by molar-refractivity contribution is 6.18. The van der Waals surface area contributed by atoms with Crippen LogP contribution in [0.2, 0.25) is 0 Å². The minimum absolute atomic E-state index is 0.0570. The first-order valence-electron chi connectivity index (χ1n) is 4.89. The minimum Gasteiger partial charge on any atom is -0.480 e. The second kappa shape index (κ2) is 4.17. The molecule has 0 saturated heterocycles. The normalized spacial score (nSPS) is 24.8. The fourth-order valence-corrected chi connectivity index (χ4v) is 2.15. The average molecular weight is 251 g/mol. The van der Waals surface area contributed by atoms with Gasteiger partial charge in [0.25, 0.3) is 0 Å². The summed E-state index contributed by atoms with van der Waals surface area (Å²) < 4.78 is 43.1. The maximum absolute atomic E-state index is 12.7. The number of hydrogen-bond donors (Lipinski definition) is 0. The molecule has 1 nitrogen and oxygen atoms in total. The summed E-state index contributed by atoms with van der Waals surface area (Å²) in [6.45, 7) is 0. The van der Waals surface area contributed by atoms with E-state index in [2.05, 4.69) is 0 Å². The van der Waals surface area contributed by atoms with E-state index in [4.69, 9.17) is 16.3 Å². The van der Waals surface area contributed by atoms with Gasteiger partial charge < -0.3 is 4.74 Å². The van der Waals surface area contributed by atoms with E-state index in [0.29, 0.717) is 12.2 Å². The number of alkyl halides is 4. The summed E-state index contributed by atoms with van der Waals surface area (Å²) in [6, 6.07) is 6.76. The molecule has 0 spiro atoms. The quantitative estimate of drug-likeness (QED) is 0.694. The van der Waals surface area contributed by atoms with E-state index < -0.39 is 18.2 Å². The number of rotatable bonds is 1. The molecule has 0 N–H and O–H groups in total. The zero-order chi connectivity index (χ0) is 11.8. The monoisotopic (exact) mass is 250 g/mol. The van der Waals surface area contributed by atoms with E-state index in [9.17, 15) is 13.2 Å². The molecular formula is C11H10ClF3O. The summed E-state index contributed by atoms with van der Waals surface area (Å²) in [5.74, 6) is -0.457. The lowest BCUT2D eigenvalue weighted by Crippen LogP contribution is -2.45. The molecule has 1 aromatic carbocycles. The predicted octanol–water partition coefficient (Wildman–Crippen LogP) is 3.41. The fourth-order valence-electron chi connectivity index (χ4n) is 1.88. The molecule has 88 valence electrons. The van der Waals surface area contributed by atoms with Crippen molar-refractivity contribution >= 4 is 11.6 Å². The van der Waals surface area contributed by atoms with Crippen molar-refractivity contribution in [3.05, 3.63) is 29.8 Å². The van der Waals surface area contributed by atoms with Crippen molar-refractivity contribution < 1.29 is 17.9 Å². The highest BCUT2D eigenvalue weighted by Gasteiger charge is 2.48. The zero-order valence-electron chi connectivity index (χ0n) is 8.30. The third-order valence-corrected chi connectivity index (χ3v) is 3.05. The molecule has 0 radical (unpaired) electrons. The molecule has 2 atom stereocenters. The maximum atomic E-state index is 12.7. The van der Waals surface area contributed by atoms with Crippen LogP contribution in [0.4, 0.5) is 13.2 Å². The topological polar surface area (TPSA) is 9.23 Å². The Bertz CT molecular complexity index is 378. The third kappa shape index (κ3) is 2.12. The third-order valence-electron chi connectivity index (χ3n) is 2.66. The van der Waals surface area contributed by atoms with Crippen LogP contribution in [0.25, 0.3) is 0 Å². The van der Waals surface area contributed by atoms with Crippen molar-refractivity contribution in [3.63, 3.8) is 0 Å². The Balaban J connectivity index is 2.31. The van der Waals surface area contributed by atoms with Gasteiger partial charge in [0.15, 0.2) is 6.10 Å². The van der Waals surface area contributed by atoms with Crippen LogP contribution in [-0.4, -0.2) is 18.2 Å². The van der Waals surface area contributed by atoms with Crippen LogP contribution in [0.3, 0.4) is 0 Å². The molecule has 16 heavy (non-hydrogen) atoms. The van der Waals surface area contributed by atoms with Gasteiger partial charge in [-0.3, -0.25) is 0 Å². The maximum Gasteiger partial charge on any atom is 0.425 e. The summed E-state index contributed by atoms with van der Waals surface area (Å²) >= 11 is 5.57. The largest absolute Gasteiger partial charge is 0.480 e. The molecular weight excluding hydrogens is 241 g/mol. The Hall–Kier alpha value is -0.900. The van der Waals surface area contributed by atoms with Gasteiger partial charge in [-0.05, 0) is 18.1 Å². The van der Waals surface area contributed by atoms with Crippen molar-refractivity contribution in [2.75, 3.05) is 5.88 Å². The molecule has 1 aromatic rings. The van der Waals surface area contributed by atoms with Gasteiger partial charge in [-0.25, -0.2) is 0 Å². The van der Waals surface area contributed by atoms with Gasteiger partial charge >= 0.3 is 6.18 Å². The summed E-state index contributed by atoms with van der Waals surface area (Å²) in [6.07, 6.45) is -5.85. The van der Waals surface area contributed by atoms with Gasteiger partial charge in [0, 0.05) is 11.8 Å². The van der Waals surface area contributed by atoms with Crippen LogP contribution >= 0.6 is 11.6 Å². The molecule has 1 aliphatic rings. The first-order chi connectivity index (χ1) is 7.52. The molecule has 1 aliphatic heterocycles. The Morgan fingerprint density at radius 1 is 1.31 bits per heavy atom. The minimum atomic E-state index is -4.37. The van der Waals surface area contributed by atoms with Crippen molar-refractivity contribution in [2.45, 2.75) is 18.7 Å². The van der Waals surface area contributed by atoms with Gasteiger partial charge in [-0.2, -0.15) is 13.2 Å². The summed E-state index contributed by atoms with van der Waals surface area (Å²) in [4.78, 5) is 0. The summed E-state index contributed by atoms with van der Waals surface area (Å²) in [5, 5.41) is 0. The molecule has 0 amide bonds. The Kier molecular flexibility index (Phi) is 3.02. The van der Waals surface area contributed by atoms with E-state index >= 15 is 0 Å². The number of para-hydroxylation sites is 1. The Morgan fingerprint density at radius 2 is 2.00 bits per heavy atom. The highest BCUT2D eigenvalue weighted by atomic mass is 35.5. The van der Waals surface area contributed by atoms with Crippen LogP contribution in [0.5, 0.6) is 5.75 Å². The van der Waals surface area contributed by atoms with Gasteiger partial charge in [0.2, 0.25) is 0 Å². The Labute approximate surface area is 96.2 Å². The lowest BCUT2D eigenvalue weighted by Gasteiger charge is -2.33. The van der Waals surface area contributed by atoms with E-state index in [1.165, 1.54) is 0 Å². The average Bonchev–Trinajstić information content (AvgIpc) is 2.26. The number of ether oxygens (including phenoxy) is 1. The molecule has 0 unspecified atom stereocenters. The second-order valence-electron chi connectivity index (χ2n) is 3.81. The van der Waals surface area contributed by atoms with Gasteiger partial charge in [0.05, 0.1) is 0 Å². The molecule has 2 rings (SSSR count). The van der Waals surface area contributed by atoms with Gasteiger partial charge in [-0.1, -0.05) is 18.2 Å². The lowest BCUT2D eigenvalue weighted by atomic mass is 9.92. The summed E-state index contributed by atoms with van der Waals surface area (Å²) in [7, 11) is 0. The van der Waals surface area contributed by atoms with E-state index in [0.717, 1.165) is 5.56 Å². The second-order valence-corrected chi connectivity index (χ2v) is 4.11. The van der Waals surface area contributed by atoms with Crippen LogP contribution in [0, 0.1) is 5.92 Å². The van der Waals surface area contributed by atoms with Crippen LogP contribution < -0.4 is 4.74 Å². The highest BCUT2D eigenvalue weighted by Crippen LogP contribution is 2.38. The SMILES string of the molecule is FC(F)(F)[C@@H]1Oc2ccccc2C[C@H]1CCl. The smallest absolute Gasteiger partial charge is 0.425 e. The predicted molar refractivity (Wildman–Crippen MR) is 54.8 cm³/mol. The Morgan fingerprint density at radius 3 is 2.62 bits per heavy atom. The van der Waals surface area contributed by atoms with Crippen LogP contribution in [0.15, 0.2) is 24.3 Å². The number of hydrogen-bond acceptors (Lipinski definition) is 1. The lowest BCUT2D eigenvalue weighted by molar-refractivity contribution is -0.211. The van der Waals surface area contributed by atoms with Gasteiger partial charge in [0.1, 0.15) is 5.75 Å². The number of benzene rings is 1. The van der Waals surface area contributed by atoms with E-state index in [-0.39, 0.29) is 5.88 Å². The van der Waals surface area contributed by atoms with Crippen molar-refractivity contribution in [3.8, 4) is 5.75 Å². The van der Waals surface area contributed by atoms with Crippen molar-refractivity contribution in [1.82, 2.24) is 0 Å². The van der Waals surface area contributed by atoms with E-state index in [1.54, 1.807) is 24.3 Å². The molecule has 0 aromatic heterocycles. The molecule has 0 saturated carbocycles. The van der Waals surface area contributed by atoms with Crippen LogP contribution in [0.1, 0.15) is 5.56 Å². The molecule has 0 aliphatic carbocycles. The molecule has 1 heterocycles. The van der Waals surface area contributed by atoms with Crippen molar-refractivity contribution in [1.29, 1.82) is 0 Å².